The third-order valence-corrected chi connectivity index (χ3v) is 3.67. The van der Waals surface area contributed by atoms with Crippen LogP contribution in [0, 0.1) is 5.41 Å². The van der Waals surface area contributed by atoms with Gasteiger partial charge in [0.2, 0.25) is 0 Å². The van der Waals surface area contributed by atoms with Gasteiger partial charge in [-0.05, 0) is 46.0 Å². The number of hydrogen-bond donors (Lipinski definition) is 2. The summed E-state index contributed by atoms with van der Waals surface area (Å²) in [6, 6.07) is 0.103. The molecule has 1 saturated heterocycles. The first-order chi connectivity index (χ1) is 11.0. The summed E-state index contributed by atoms with van der Waals surface area (Å²) in [4.78, 5) is 18.9. The molecule has 2 N–H and O–H groups in total. The molecule has 140 valence electrons. The molecule has 6 heteroatoms. The molecule has 0 aromatic heterocycles. The van der Waals surface area contributed by atoms with E-state index in [1.807, 2.05) is 20.8 Å². The number of amides is 1. The number of aliphatic imine (C=N–C) groups is 1. The lowest BCUT2D eigenvalue weighted by molar-refractivity contribution is 0.0507. The van der Waals surface area contributed by atoms with Gasteiger partial charge in [-0.15, -0.1) is 0 Å². The second kappa shape index (κ2) is 8.58. The first-order valence-electron chi connectivity index (χ1n) is 9.03. The third-order valence-electron chi connectivity index (χ3n) is 3.67. The summed E-state index contributed by atoms with van der Waals surface area (Å²) < 4.78 is 5.33. The SMILES string of the molecule is CCNC(=NCCC(C)(C)C)N1CCC(NC(=O)OC(C)(C)C)C1. The molecule has 1 heterocycles. The van der Waals surface area contributed by atoms with E-state index in [0.717, 1.165) is 45.0 Å². The normalized spacial score (nSPS) is 19.4. The smallest absolute Gasteiger partial charge is 0.407 e. The van der Waals surface area contributed by atoms with Crippen molar-refractivity contribution in [2.75, 3.05) is 26.2 Å². The topological polar surface area (TPSA) is 66.0 Å². The van der Waals surface area contributed by atoms with E-state index in [1.165, 1.54) is 0 Å². The Morgan fingerprint density at radius 3 is 2.46 bits per heavy atom. The van der Waals surface area contributed by atoms with Crippen LogP contribution in [0.15, 0.2) is 4.99 Å². The van der Waals surface area contributed by atoms with Gasteiger partial charge in [0.1, 0.15) is 5.60 Å². The van der Waals surface area contributed by atoms with Crippen LogP contribution < -0.4 is 10.6 Å². The predicted octanol–water partition coefficient (Wildman–Crippen LogP) is 2.99. The van der Waals surface area contributed by atoms with Crippen molar-refractivity contribution in [2.24, 2.45) is 10.4 Å². The van der Waals surface area contributed by atoms with Crippen molar-refractivity contribution in [3.05, 3.63) is 0 Å². The summed E-state index contributed by atoms with van der Waals surface area (Å²) in [7, 11) is 0. The van der Waals surface area contributed by atoms with Crippen LogP contribution in [0.2, 0.25) is 0 Å². The Bertz CT molecular complexity index is 435. The summed E-state index contributed by atoms with van der Waals surface area (Å²) in [5.74, 6) is 0.940. The second-order valence-corrected chi connectivity index (χ2v) is 8.62. The van der Waals surface area contributed by atoms with Gasteiger partial charge in [0.15, 0.2) is 5.96 Å². The Morgan fingerprint density at radius 2 is 1.92 bits per heavy atom. The Hall–Kier alpha value is -1.46. The number of ether oxygens (including phenoxy) is 1. The van der Waals surface area contributed by atoms with Crippen molar-refractivity contribution < 1.29 is 9.53 Å². The molecule has 1 aliphatic rings. The molecule has 0 aliphatic carbocycles. The monoisotopic (exact) mass is 340 g/mol. The molecule has 0 aromatic rings. The molecular formula is C18H36N4O2. The van der Waals surface area contributed by atoms with Gasteiger partial charge in [0.25, 0.3) is 0 Å². The highest BCUT2D eigenvalue weighted by Gasteiger charge is 2.27. The van der Waals surface area contributed by atoms with Crippen LogP contribution in [0.3, 0.4) is 0 Å². The van der Waals surface area contributed by atoms with Crippen LogP contribution in [0.4, 0.5) is 4.79 Å². The lowest BCUT2D eigenvalue weighted by atomic mass is 9.92. The molecule has 6 nitrogen and oxygen atoms in total. The first kappa shape index (κ1) is 20.6. The molecule has 1 unspecified atom stereocenters. The molecular weight excluding hydrogens is 304 g/mol. The van der Waals surface area contributed by atoms with Gasteiger partial charge in [0.05, 0.1) is 6.04 Å². The summed E-state index contributed by atoms with van der Waals surface area (Å²) in [5.41, 5.74) is -0.182. The molecule has 1 amide bonds. The molecule has 0 aromatic carbocycles. The predicted molar refractivity (Wildman–Crippen MR) is 99.4 cm³/mol. The highest BCUT2D eigenvalue weighted by molar-refractivity contribution is 5.80. The number of guanidine groups is 1. The average Bonchev–Trinajstić information content (AvgIpc) is 2.82. The quantitative estimate of drug-likeness (QED) is 0.610. The molecule has 0 bridgehead atoms. The maximum Gasteiger partial charge on any atom is 0.407 e. The van der Waals surface area contributed by atoms with Crippen molar-refractivity contribution in [1.29, 1.82) is 0 Å². The standard InChI is InChI=1S/C18H36N4O2/c1-8-19-15(20-11-10-17(2,3)4)22-12-9-14(13-22)21-16(23)24-18(5,6)7/h14H,8-13H2,1-7H3,(H,19,20)(H,21,23). The van der Waals surface area contributed by atoms with E-state index in [2.05, 4.69) is 43.2 Å². The van der Waals surface area contributed by atoms with E-state index in [9.17, 15) is 4.79 Å². The molecule has 0 radical (unpaired) electrons. The summed E-state index contributed by atoms with van der Waals surface area (Å²) in [6.07, 6.45) is 1.61. The van der Waals surface area contributed by atoms with Crippen LogP contribution in [-0.2, 0) is 4.74 Å². The number of hydrogen-bond acceptors (Lipinski definition) is 3. The van der Waals surface area contributed by atoms with Gasteiger partial charge in [0, 0.05) is 26.2 Å². The Kier molecular flexibility index (Phi) is 7.36. The van der Waals surface area contributed by atoms with E-state index >= 15 is 0 Å². The fourth-order valence-electron chi connectivity index (χ4n) is 2.47. The number of nitrogens with zero attached hydrogens (tertiary/aromatic N) is 2. The maximum atomic E-state index is 11.9. The Labute approximate surface area is 147 Å². The Balaban J connectivity index is 2.53. The fraction of sp³-hybridized carbons (Fsp3) is 0.889. The zero-order valence-corrected chi connectivity index (χ0v) is 16.5. The molecule has 1 aliphatic heterocycles. The van der Waals surface area contributed by atoms with Crippen molar-refractivity contribution in [3.63, 3.8) is 0 Å². The van der Waals surface area contributed by atoms with Crippen molar-refractivity contribution in [2.45, 2.75) is 73.0 Å². The van der Waals surface area contributed by atoms with Gasteiger partial charge >= 0.3 is 6.09 Å². The molecule has 1 rings (SSSR count). The number of carbonyl (C=O) groups excluding carboxylic acids is 1. The third kappa shape index (κ3) is 8.41. The van der Waals surface area contributed by atoms with E-state index < -0.39 is 5.60 Å². The van der Waals surface area contributed by atoms with Crippen LogP contribution in [-0.4, -0.2) is 54.8 Å². The fourth-order valence-corrected chi connectivity index (χ4v) is 2.47. The lowest BCUT2D eigenvalue weighted by Crippen LogP contribution is -2.44. The molecule has 1 fully saturated rings. The highest BCUT2D eigenvalue weighted by atomic mass is 16.6. The zero-order valence-electron chi connectivity index (χ0n) is 16.5. The van der Waals surface area contributed by atoms with Gasteiger partial charge in [-0.1, -0.05) is 20.8 Å². The van der Waals surface area contributed by atoms with Crippen LogP contribution >= 0.6 is 0 Å². The van der Waals surface area contributed by atoms with Crippen molar-refractivity contribution in [1.82, 2.24) is 15.5 Å². The van der Waals surface area contributed by atoms with Crippen LogP contribution in [0.25, 0.3) is 0 Å². The zero-order chi connectivity index (χ0) is 18.4. The minimum Gasteiger partial charge on any atom is -0.444 e. The largest absolute Gasteiger partial charge is 0.444 e. The number of nitrogens with one attached hydrogen (secondary N) is 2. The first-order valence-corrected chi connectivity index (χ1v) is 9.03. The molecule has 0 saturated carbocycles. The second-order valence-electron chi connectivity index (χ2n) is 8.62. The highest BCUT2D eigenvalue weighted by Crippen LogP contribution is 2.18. The minimum absolute atomic E-state index is 0.103. The molecule has 0 spiro atoms. The van der Waals surface area contributed by atoms with Crippen LogP contribution in [0.5, 0.6) is 0 Å². The average molecular weight is 341 g/mol. The van der Waals surface area contributed by atoms with Crippen molar-refractivity contribution >= 4 is 12.1 Å². The number of likely N-dealkylation sites (tertiary alicyclic amines) is 1. The summed E-state index contributed by atoms with van der Waals surface area (Å²) in [5, 5.41) is 6.31. The number of rotatable bonds is 4. The maximum absolute atomic E-state index is 11.9. The summed E-state index contributed by atoms with van der Waals surface area (Å²) in [6.45, 7) is 17.7. The minimum atomic E-state index is -0.467. The van der Waals surface area contributed by atoms with Crippen molar-refractivity contribution in [3.8, 4) is 0 Å². The molecule has 24 heavy (non-hydrogen) atoms. The van der Waals surface area contributed by atoms with E-state index in [1.54, 1.807) is 0 Å². The molecule has 1 atom stereocenters. The van der Waals surface area contributed by atoms with Gasteiger partial charge in [-0.3, -0.25) is 4.99 Å². The lowest BCUT2D eigenvalue weighted by Gasteiger charge is -2.24. The number of carbonyl (C=O) groups is 1. The van der Waals surface area contributed by atoms with Gasteiger partial charge in [-0.2, -0.15) is 0 Å². The van der Waals surface area contributed by atoms with E-state index in [-0.39, 0.29) is 17.6 Å². The van der Waals surface area contributed by atoms with Gasteiger partial charge in [-0.25, -0.2) is 4.79 Å². The van der Waals surface area contributed by atoms with Crippen LogP contribution in [0.1, 0.15) is 61.3 Å². The van der Waals surface area contributed by atoms with Gasteiger partial charge < -0.3 is 20.3 Å². The van der Waals surface area contributed by atoms with E-state index in [4.69, 9.17) is 9.73 Å². The van der Waals surface area contributed by atoms with E-state index in [0.29, 0.717) is 0 Å². The summed E-state index contributed by atoms with van der Waals surface area (Å²) >= 11 is 0. The number of alkyl carbamates (subject to hydrolysis) is 1. The Morgan fingerprint density at radius 1 is 1.25 bits per heavy atom.